The van der Waals surface area contributed by atoms with Gasteiger partial charge in [-0.05, 0) is 31.6 Å². The Labute approximate surface area is 142 Å². The van der Waals surface area contributed by atoms with Gasteiger partial charge in [0, 0.05) is 23.6 Å². The van der Waals surface area contributed by atoms with Crippen molar-refractivity contribution >= 4 is 11.0 Å². The third-order valence-corrected chi connectivity index (χ3v) is 5.07. The zero-order valence-corrected chi connectivity index (χ0v) is 14.5. The van der Waals surface area contributed by atoms with E-state index in [9.17, 15) is 15.0 Å². The van der Waals surface area contributed by atoms with Gasteiger partial charge in [-0.25, -0.2) is 0 Å². The molecule has 0 unspecified atom stereocenters. The molecule has 0 radical (unpaired) electrons. The molecule has 0 spiro atoms. The summed E-state index contributed by atoms with van der Waals surface area (Å²) in [5.74, 6) is 1.27. The van der Waals surface area contributed by atoms with Crippen molar-refractivity contribution < 1.29 is 14.6 Å². The second-order valence-electron chi connectivity index (χ2n) is 7.38. The number of aromatic hydroxyl groups is 2. The summed E-state index contributed by atoms with van der Waals surface area (Å²) in [4.78, 5) is 12.6. The number of hydrogen-bond donors (Lipinski definition) is 2. The standard InChI is InChI=1S/C20H26O4/c1-12(2)8-9-14-15(21)10-18-19(20(14)23)16(22)11-17(24-18)13-6-4-3-5-7-13/h10-13,21,23H,3-9H2,1-2H3. The van der Waals surface area contributed by atoms with Gasteiger partial charge >= 0.3 is 0 Å². The number of rotatable bonds is 4. The van der Waals surface area contributed by atoms with Crippen LogP contribution < -0.4 is 5.43 Å². The molecular formula is C20H26O4. The number of phenolic OH excluding ortho intramolecular Hbond substituents is 2. The lowest BCUT2D eigenvalue weighted by Crippen LogP contribution is -2.10. The summed E-state index contributed by atoms with van der Waals surface area (Å²) in [6.07, 6.45) is 6.95. The lowest BCUT2D eigenvalue weighted by atomic mass is 9.87. The molecule has 0 bridgehead atoms. The minimum absolute atomic E-state index is 0.00425. The fourth-order valence-electron chi connectivity index (χ4n) is 3.62. The van der Waals surface area contributed by atoms with Crippen LogP contribution in [0.15, 0.2) is 21.3 Å². The lowest BCUT2D eigenvalue weighted by Gasteiger charge is -2.21. The first-order valence-electron chi connectivity index (χ1n) is 8.99. The second kappa shape index (κ2) is 6.88. The van der Waals surface area contributed by atoms with Crippen molar-refractivity contribution in [2.75, 3.05) is 0 Å². The van der Waals surface area contributed by atoms with E-state index in [4.69, 9.17) is 4.42 Å². The van der Waals surface area contributed by atoms with Gasteiger partial charge in [0.2, 0.25) is 0 Å². The van der Waals surface area contributed by atoms with E-state index < -0.39 is 0 Å². The summed E-state index contributed by atoms with van der Waals surface area (Å²) < 4.78 is 5.90. The highest BCUT2D eigenvalue weighted by molar-refractivity contribution is 5.86. The summed E-state index contributed by atoms with van der Waals surface area (Å²) >= 11 is 0. The molecule has 1 aromatic heterocycles. The summed E-state index contributed by atoms with van der Waals surface area (Å²) in [5, 5.41) is 21.0. The zero-order chi connectivity index (χ0) is 17.3. The quantitative estimate of drug-likeness (QED) is 0.841. The SMILES string of the molecule is CC(C)CCc1c(O)cc2oc(C3CCCCC3)cc(=O)c2c1O. The summed E-state index contributed by atoms with van der Waals surface area (Å²) in [5.41, 5.74) is 0.500. The number of phenols is 2. The van der Waals surface area contributed by atoms with E-state index in [0.29, 0.717) is 23.7 Å². The van der Waals surface area contributed by atoms with Gasteiger partial charge in [-0.15, -0.1) is 0 Å². The molecule has 0 aliphatic heterocycles. The van der Waals surface area contributed by atoms with Crippen molar-refractivity contribution in [1.29, 1.82) is 0 Å². The van der Waals surface area contributed by atoms with Gasteiger partial charge in [0.15, 0.2) is 5.43 Å². The van der Waals surface area contributed by atoms with Crippen LogP contribution in [0.4, 0.5) is 0 Å². The van der Waals surface area contributed by atoms with E-state index in [0.717, 1.165) is 32.1 Å². The van der Waals surface area contributed by atoms with Crippen molar-refractivity contribution in [3.05, 3.63) is 33.7 Å². The maximum atomic E-state index is 12.6. The maximum Gasteiger partial charge on any atom is 0.196 e. The van der Waals surface area contributed by atoms with Crippen LogP contribution in [-0.4, -0.2) is 10.2 Å². The van der Waals surface area contributed by atoms with Gasteiger partial charge in [-0.3, -0.25) is 4.79 Å². The molecule has 0 atom stereocenters. The highest BCUT2D eigenvalue weighted by atomic mass is 16.3. The molecule has 1 aliphatic carbocycles. The Hall–Kier alpha value is -1.97. The summed E-state index contributed by atoms with van der Waals surface area (Å²) in [6.45, 7) is 4.17. The van der Waals surface area contributed by atoms with E-state index >= 15 is 0 Å². The van der Waals surface area contributed by atoms with Gasteiger partial charge in [0.05, 0.1) is 0 Å². The summed E-state index contributed by atoms with van der Waals surface area (Å²) in [7, 11) is 0. The Morgan fingerprint density at radius 3 is 2.54 bits per heavy atom. The first-order valence-corrected chi connectivity index (χ1v) is 8.99. The molecule has 2 aromatic rings. The Morgan fingerprint density at radius 2 is 1.88 bits per heavy atom. The van der Waals surface area contributed by atoms with E-state index in [2.05, 4.69) is 13.8 Å². The van der Waals surface area contributed by atoms with E-state index in [-0.39, 0.29) is 33.8 Å². The monoisotopic (exact) mass is 330 g/mol. The summed E-state index contributed by atoms with van der Waals surface area (Å²) in [6, 6.07) is 3.01. The van der Waals surface area contributed by atoms with Crippen LogP contribution in [0.5, 0.6) is 11.5 Å². The lowest BCUT2D eigenvalue weighted by molar-refractivity contribution is 0.378. The van der Waals surface area contributed by atoms with Crippen LogP contribution in [0.25, 0.3) is 11.0 Å². The van der Waals surface area contributed by atoms with Crippen molar-refractivity contribution in [2.24, 2.45) is 5.92 Å². The van der Waals surface area contributed by atoms with Crippen molar-refractivity contribution in [3.8, 4) is 11.5 Å². The molecule has 24 heavy (non-hydrogen) atoms. The van der Waals surface area contributed by atoms with Gasteiger partial charge in [-0.1, -0.05) is 33.1 Å². The number of benzene rings is 1. The Morgan fingerprint density at radius 1 is 1.17 bits per heavy atom. The van der Waals surface area contributed by atoms with Crippen LogP contribution in [0, 0.1) is 5.92 Å². The van der Waals surface area contributed by atoms with Crippen LogP contribution in [0.1, 0.15) is 69.6 Å². The third-order valence-electron chi connectivity index (χ3n) is 5.07. The molecule has 4 heteroatoms. The Bertz CT molecular complexity index is 782. The third kappa shape index (κ3) is 3.28. The molecule has 0 amide bonds. The van der Waals surface area contributed by atoms with Crippen molar-refractivity contribution in [2.45, 2.75) is 64.7 Å². The smallest absolute Gasteiger partial charge is 0.196 e. The predicted molar refractivity (Wildman–Crippen MR) is 94.8 cm³/mol. The molecule has 130 valence electrons. The topological polar surface area (TPSA) is 70.7 Å². The fourth-order valence-corrected chi connectivity index (χ4v) is 3.62. The van der Waals surface area contributed by atoms with Gasteiger partial charge in [-0.2, -0.15) is 0 Å². The van der Waals surface area contributed by atoms with Crippen LogP contribution in [0.2, 0.25) is 0 Å². The molecule has 3 rings (SSSR count). The first kappa shape index (κ1) is 16.9. The fraction of sp³-hybridized carbons (Fsp3) is 0.550. The molecule has 1 fully saturated rings. The first-order chi connectivity index (χ1) is 11.5. The number of hydrogen-bond acceptors (Lipinski definition) is 4. The van der Waals surface area contributed by atoms with Crippen LogP contribution >= 0.6 is 0 Å². The van der Waals surface area contributed by atoms with Crippen LogP contribution in [0.3, 0.4) is 0 Å². The van der Waals surface area contributed by atoms with E-state index in [1.54, 1.807) is 0 Å². The highest BCUT2D eigenvalue weighted by Gasteiger charge is 2.22. The number of fused-ring (bicyclic) bond motifs is 1. The minimum atomic E-state index is -0.222. The van der Waals surface area contributed by atoms with Gasteiger partial charge in [0.1, 0.15) is 28.2 Å². The molecule has 1 aromatic carbocycles. The molecular weight excluding hydrogens is 304 g/mol. The molecule has 1 saturated carbocycles. The molecule has 0 saturated heterocycles. The second-order valence-corrected chi connectivity index (χ2v) is 7.38. The molecule has 4 nitrogen and oxygen atoms in total. The minimum Gasteiger partial charge on any atom is -0.507 e. The van der Waals surface area contributed by atoms with Gasteiger partial charge < -0.3 is 14.6 Å². The molecule has 1 heterocycles. The van der Waals surface area contributed by atoms with E-state index in [1.807, 2.05) is 0 Å². The maximum absolute atomic E-state index is 12.6. The average molecular weight is 330 g/mol. The zero-order valence-electron chi connectivity index (χ0n) is 14.5. The predicted octanol–water partition coefficient (Wildman–Crippen LogP) is 4.84. The Kier molecular flexibility index (Phi) is 4.83. The van der Waals surface area contributed by atoms with Crippen LogP contribution in [-0.2, 0) is 6.42 Å². The van der Waals surface area contributed by atoms with Crippen molar-refractivity contribution in [1.82, 2.24) is 0 Å². The van der Waals surface area contributed by atoms with Gasteiger partial charge in [0.25, 0.3) is 0 Å². The highest BCUT2D eigenvalue weighted by Crippen LogP contribution is 2.38. The largest absolute Gasteiger partial charge is 0.507 e. The van der Waals surface area contributed by atoms with E-state index in [1.165, 1.54) is 18.6 Å². The normalized spacial score (nSPS) is 16.1. The molecule has 2 N–H and O–H groups in total. The average Bonchev–Trinajstić information content (AvgIpc) is 2.54. The molecule has 1 aliphatic rings. The Balaban J connectivity index is 2.05. The van der Waals surface area contributed by atoms with Crippen molar-refractivity contribution in [3.63, 3.8) is 0 Å².